The third-order valence-corrected chi connectivity index (χ3v) is 12.7. The van der Waals surface area contributed by atoms with E-state index in [4.69, 9.17) is 4.43 Å². The predicted molar refractivity (Wildman–Crippen MR) is 121 cm³/mol. The van der Waals surface area contributed by atoms with Crippen molar-refractivity contribution in [3.8, 4) is 0 Å². The lowest BCUT2D eigenvalue weighted by molar-refractivity contribution is 0.0970. The molecule has 1 aliphatic carbocycles. The molecular weight excluding hydrogens is 368 g/mol. The molecule has 2 N–H and O–H groups in total. The van der Waals surface area contributed by atoms with E-state index in [0.29, 0.717) is 41.9 Å². The molecule has 0 aromatic carbocycles. The summed E-state index contributed by atoms with van der Waals surface area (Å²) in [5, 5.41) is 13.0. The highest BCUT2D eigenvalue weighted by atomic mass is 28.4. The van der Waals surface area contributed by atoms with Crippen molar-refractivity contribution < 1.29 is 14.3 Å². The van der Waals surface area contributed by atoms with Crippen LogP contribution in [0.3, 0.4) is 0 Å². The SMILES string of the molecule is CC(C)[Si](OC1CCC(NCCN(C(=O)O)C(C)(C)C)CC1)(C(C)C)C(C)C. The molecule has 28 heavy (non-hydrogen) atoms. The second-order valence-electron chi connectivity index (χ2n) is 10.5. The maximum Gasteiger partial charge on any atom is 0.407 e. The van der Waals surface area contributed by atoms with Gasteiger partial charge in [0.15, 0.2) is 0 Å². The summed E-state index contributed by atoms with van der Waals surface area (Å²) in [5.41, 5.74) is 1.52. The lowest BCUT2D eigenvalue weighted by Crippen LogP contribution is -2.52. The van der Waals surface area contributed by atoms with E-state index in [1.54, 1.807) is 0 Å². The van der Waals surface area contributed by atoms with Crippen LogP contribution in [0.15, 0.2) is 0 Å². The van der Waals surface area contributed by atoms with Crippen LogP contribution in [0.5, 0.6) is 0 Å². The van der Waals surface area contributed by atoms with Crippen LogP contribution in [-0.2, 0) is 4.43 Å². The fourth-order valence-electron chi connectivity index (χ4n) is 5.18. The van der Waals surface area contributed by atoms with Gasteiger partial charge in [0, 0.05) is 30.8 Å². The van der Waals surface area contributed by atoms with Gasteiger partial charge in [0.05, 0.1) is 0 Å². The van der Waals surface area contributed by atoms with Crippen LogP contribution >= 0.6 is 0 Å². The Morgan fingerprint density at radius 2 is 1.50 bits per heavy atom. The molecule has 1 saturated carbocycles. The third-order valence-electron chi connectivity index (χ3n) is 6.56. The average molecular weight is 415 g/mol. The fraction of sp³-hybridized carbons (Fsp3) is 0.955. The highest BCUT2D eigenvalue weighted by Gasteiger charge is 2.46. The van der Waals surface area contributed by atoms with E-state index in [2.05, 4.69) is 46.9 Å². The first kappa shape index (κ1) is 25.4. The van der Waals surface area contributed by atoms with Crippen LogP contribution in [0.25, 0.3) is 0 Å². The monoisotopic (exact) mass is 414 g/mol. The lowest BCUT2D eigenvalue weighted by atomic mass is 9.93. The van der Waals surface area contributed by atoms with E-state index in [1.807, 2.05) is 20.8 Å². The third kappa shape index (κ3) is 6.46. The number of carboxylic acid groups (broad SMARTS) is 1. The molecule has 0 spiro atoms. The van der Waals surface area contributed by atoms with Crippen molar-refractivity contribution in [2.24, 2.45) is 0 Å². The number of nitrogens with one attached hydrogen (secondary N) is 1. The summed E-state index contributed by atoms with van der Waals surface area (Å²) in [6.07, 6.45) is 4.00. The minimum absolute atomic E-state index is 0.364. The Morgan fingerprint density at radius 3 is 1.86 bits per heavy atom. The number of rotatable bonds is 9. The van der Waals surface area contributed by atoms with Gasteiger partial charge in [-0.25, -0.2) is 4.79 Å². The smallest absolute Gasteiger partial charge is 0.407 e. The van der Waals surface area contributed by atoms with Crippen molar-refractivity contribution in [1.82, 2.24) is 10.2 Å². The fourth-order valence-corrected chi connectivity index (χ4v) is 10.8. The van der Waals surface area contributed by atoms with Crippen molar-refractivity contribution in [2.75, 3.05) is 13.1 Å². The molecule has 166 valence electrons. The molecule has 0 saturated heterocycles. The summed E-state index contributed by atoms with van der Waals surface area (Å²) < 4.78 is 6.96. The van der Waals surface area contributed by atoms with Crippen molar-refractivity contribution in [3.05, 3.63) is 0 Å². The first-order chi connectivity index (χ1) is 12.8. The largest absolute Gasteiger partial charge is 0.465 e. The maximum absolute atomic E-state index is 11.5. The molecule has 0 aliphatic heterocycles. The van der Waals surface area contributed by atoms with E-state index in [1.165, 1.54) is 4.90 Å². The van der Waals surface area contributed by atoms with Crippen molar-refractivity contribution in [3.63, 3.8) is 0 Å². The molecule has 0 aromatic heterocycles. The average Bonchev–Trinajstić information content (AvgIpc) is 2.55. The standard InChI is InChI=1S/C22H46N2O3Si/c1-16(2)28(17(3)4,18(5)6)27-20-12-10-19(11-13-20)23-14-15-24(21(25)26)22(7,8)9/h16-20,23H,10-15H2,1-9H3,(H,25,26). The molecule has 0 bridgehead atoms. The van der Waals surface area contributed by atoms with Gasteiger partial charge in [-0.1, -0.05) is 41.5 Å². The highest BCUT2D eigenvalue weighted by molar-refractivity contribution is 6.77. The highest BCUT2D eigenvalue weighted by Crippen LogP contribution is 2.44. The molecule has 0 aromatic rings. The zero-order valence-corrected chi connectivity index (χ0v) is 20.8. The zero-order valence-electron chi connectivity index (χ0n) is 19.8. The molecule has 1 aliphatic rings. The van der Waals surface area contributed by atoms with Gasteiger partial charge in [0.25, 0.3) is 0 Å². The van der Waals surface area contributed by atoms with Gasteiger partial charge >= 0.3 is 6.09 Å². The second-order valence-corrected chi connectivity index (χ2v) is 15.9. The molecule has 1 rings (SSSR count). The molecule has 0 atom stereocenters. The van der Waals surface area contributed by atoms with Gasteiger partial charge in [0.1, 0.15) is 0 Å². The first-order valence-corrected chi connectivity index (χ1v) is 13.4. The minimum atomic E-state index is -1.80. The Balaban J connectivity index is 2.53. The van der Waals surface area contributed by atoms with Crippen LogP contribution in [0, 0.1) is 0 Å². The number of hydrogen-bond donors (Lipinski definition) is 2. The predicted octanol–water partition coefficient (Wildman–Crippen LogP) is 5.86. The van der Waals surface area contributed by atoms with Crippen molar-refractivity contribution in [2.45, 2.75) is 122 Å². The number of amides is 1. The molecule has 0 radical (unpaired) electrons. The molecule has 0 unspecified atom stereocenters. The topological polar surface area (TPSA) is 61.8 Å². The Labute approximate surface area is 174 Å². The number of nitrogens with zero attached hydrogens (tertiary/aromatic N) is 1. The van der Waals surface area contributed by atoms with E-state index in [9.17, 15) is 9.90 Å². The van der Waals surface area contributed by atoms with Crippen LogP contribution in [-0.4, -0.2) is 55.2 Å². The van der Waals surface area contributed by atoms with Gasteiger partial charge in [-0.05, 0) is 63.1 Å². The van der Waals surface area contributed by atoms with Crippen molar-refractivity contribution >= 4 is 14.4 Å². The quantitative estimate of drug-likeness (QED) is 0.464. The van der Waals surface area contributed by atoms with E-state index >= 15 is 0 Å². The molecule has 1 amide bonds. The lowest BCUT2D eigenvalue weighted by Gasteiger charge is -2.46. The first-order valence-electron chi connectivity index (χ1n) is 11.2. The Hall–Kier alpha value is -0.593. The number of carbonyl (C=O) groups is 1. The van der Waals surface area contributed by atoms with Crippen LogP contribution < -0.4 is 5.32 Å². The van der Waals surface area contributed by atoms with Crippen LogP contribution in [0.1, 0.15) is 88.0 Å². The Bertz CT molecular complexity index is 459. The van der Waals surface area contributed by atoms with Crippen LogP contribution in [0.2, 0.25) is 16.6 Å². The zero-order chi connectivity index (χ0) is 21.7. The van der Waals surface area contributed by atoms with Crippen LogP contribution in [0.4, 0.5) is 4.79 Å². The summed E-state index contributed by atoms with van der Waals surface area (Å²) in [7, 11) is -1.80. The van der Waals surface area contributed by atoms with E-state index < -0.39 is 14.4 Å². The van der Waals surface area contributed by atoms with Gasteiger partial charge in [0.2, 0.25) is 8.32 Å². The maximum atomic E-state index is 11.5. The normalized spacial score (nSPS) is 21.6. The van der Waals surface area contributed by atoms with Gasteiger partial charge in [-0.3, -0.25) is 0 Å². The summed E-state index contributed by atoms with van der Waals surface area (Å²) in [5.74, 6) is 0. The molecule has 6 heteroatoms. The minimum Gasteiger partial charge on any atom is -0.465 e. The molecule has 1 fully saturated rings. The van der Waals surface area contributed by atoms with Gasteiger partial charge in [-0.2, -0.15) is 0 Å². The summed E-state index contributed by atoms with van der Waals surface area (Å²) in [6.45, 7) is 21.2. The Morgan fingerprint density at radius 1 is 1.04 bits per heavy atom. The van der Waals surface area contributed by atoms with Gasteiger partial charge < -0.3 is 19.7 Å². The second kappa shape index (κ2) is 10.4. The van der Waals surface area contributed by atoms with E-state index in [0.717, 1.165) is 25.7 Å². The van der Waals surface area contributed by atoms with Crippen molar-refractivity contribution in [1.29, 1.82) is 0 Å². The number of hydrogen-bond acceptors (Lipinski definition) is 3. The summed E-state index contributed by atoms with van der Waals surface area (Å²) in [6, 6.07) is 0.476. The Kier molecular flexibility index (Phi) is 9.49. The summed E-state index contributed by atoms with van der Waals surface area (Å²) >= 11 is 0. The molecule has 5 nitrogen and oxygen atoms in total. The van der Waals surface area contributed by atoms with Gasteiger partial charge in [-0.15, -0.1) is 0 Å². The summed E-state index contributed by atoms with van der Waals surface area (Å²) in [4.78, 5) is 13.0. The van der Waals surface area contributed by atoms with E-state index in [-0.39, 0.29) is 5.54 Å². The molecule has 0 heterocycles. The molecular formula is C22H46N2O3Si.